The van der Waals surface area contributed by atoms with Crippen LogP contribution in [0.1, 0.15) is 22.0 Å². The van der Waals surface area contributed by atoms with Gasteiger partial charge >= 0.3 is 12.0 Å². The molecule has 118 valence electrons. The van der Waals surface area contributed by atoms with Gasteiger partial charge in [0.2, 0.25) is 6.10 Å². The lowest BCUT2D eigenvalue weighted by molar-refractivity contribution is -0.129. The Kier molecular flexibility index (Phi) is 5.40. The first-order valence-electron chi connectivity index (χ1n) is 6.80. The molecular formula is C16H15N3O4. The second-order valence-electron chi connectivity index (χ2n) is 4.51. The molecule has 0 bridgehead atoms. The van der Waals surface area contributed by atoms with Gasteiger partial charge in [-0.05, 0) is 12.1 Å². The second-order valence-corrected chi connectivity index (χ2v) is 4.51. The van der Waals surface area contributed by atoms with E-state index >= 15 is 0 Å². The van der Waals surface area contributed by atoms with E-state index < -0.39 is 24.0 Å². The smallest absolute Gasteiger partial charge is 0.340 e. The van der Waals surface area contributed by atoms with Gasteiger partial charge in [0.15, 0.2) is 0 Å². The first kappa shape index (κ1) is 16.2. The molecule has 1 atom stereocenters. The fourth-order valence-corrected chi connectivity index (χ4v) is 1.80. The fourth-order valence-electron chi connectivity index (χ4n) is 1.80. The summed E-state index contributed by atoms with van der Waals surface area (Å²) in [5.41, 5.74) is 0.660. The van der Waals surface area contributed by atoms with Crippen molar-refractivity contribution in [3.63, 3.8) is 0 Å². The number of benzene rings is 1. The number of rotatable bonds is 4. The predicted molar refractivity (Wildman–Crippen MR) is 81.4 cm³/mol. The Labute approximate surface area is 132 Å². The van der Waals surface area contributed by atoms with E-state index in [0.29, 0.717) is 5.56 Å². The molecule has 7 nitrogen and oxygen atoms in total. The van der Waals surface area contributed by atoms with Crippen LogP contribution in [0.3, 0.4) is 0 Å². The van der Waals surface area contributed by atoms with Crippen LogP contribution < -0.4 is 10.6 Å². The highest BCUT2D eigenvalue weighted by Crippen LogP contribution is 2.19. The summed E-state index contributed by atoms with van der Waals surface area (Å²) in [6, 6.07) is 10.8. The summed E-state index contributed by atoms with van der Waals surface area (Å²) < 4.78 is 5.26. The van der Waals surface area contributed by atoms with Crippen molar-refractivity contribution >= 4 is 17.9 Å². The Morgan fingerprint density at radius 1 is 1.09 bits per heavy atom. The number of aromatic nitrogens is 1. The number of hydrogen-bond acceptors (Lipinski definition) is 5. The van der Waals surface area contributed by atoms with Gasteiger partial charge in [-0.25, -0.2) is 9.59 Å². The van der Waals surface area contributed by atoms with E-state index in [1.165, 1.54) is 25.5 Å². The lowest BCUT2D eigenvalue weighted by Crippen LogP contribution is -2.41. The number of nitrogens with zero attached hydrogens (tertiary/aromatic N) is 1. The highest BCUT2D eigenvalue weighted by molar-refractivity contribution is 5.99. The molecule has 0 radical (unpaired) electrons. The summed E-state index contributed by atoms with van der Waals surface area (Å²) >= 11 is 0. The minimum absolute atomic E-state index is 0.209. The van der Waals surface area contributed by atoms with E-state index in [0.717, 1.165) is 0 Å². The van der Waals surface area contributed by atoms with Crippen LogP contribution in [0.4, 0.5) is 4.79 Å². The van der Waals surface area contributed by atoms with Crippen LogP contribution in [0.25, 0.3) is 0 Å². The molecule has 2 rings (SSSR count). The Morgan fingerprint density at radius 3 is 2.43 bits per heavy atom. The molecule has 1 heterocycles. The van der Waals surface area contributed by atoms with Gasteiger partial charge in [0.05, 0.1) is 5.56 Å². The molecular weight excluding hydrogens is 298 g/mol. The van der Waals surface area contributed by atoms with Gasteiger partial charge in [0.25, 0.3) is 5.91 Å². The van der Waals surface area contributed by atoms with E-state index in [4.69, 9.17) is 4.74 Å². The maximum absolute atomic E-state index is 12.2. The first-order chi connectivity index (χ1) is 11.1. The van der Waals surface area contributed by atoms with Crippen molar-refractivity contribution < 1.29 is 19.1 Å². The van der Waals surface area contributed by atoms with Crippen LogP contribution in [0.15, 0.2) is 54.9 Å². The van der Waals surface area contributed by atoms with Gasteiger partial charge in [-0.1, -0.05) is 30.3 Å². The molecule has 23 heavy (non-hydrogen) atoms. The van der Waals surface area contributed by atoms with Crippen molar-refractivity contribution in [3.05, 3.63) is 66.0 Å². The number of amides is 3. The van der Waals surface area contributed by atoms with Crippen LogP contribution >= 0.6 is 0 Å². The Bertz CT molecular complexity index is 689. The minimum Gasteiger partial charge on any atom is -0.444 e. The third kappa shape index (κ3) is 4.37. The zero-order valence-electron chi connectivity index (χ0n) is 12.4. The average molecular weight is 313 g/mol. The van der Waals surface area contributed by atoms with Crippen molar-refractivity contribution in [1.82, 2.24) is 15.6 Å². The van der Waals surface area contributed by atoms with Crippen LogP contribution in [0.5, 0.6) is 0 Å². The topological polar surface area (TPSA) is 97.4 Å². The molecule has 0 spiro atoms. The third-order valence-corrected chi connectivity index (χ3v) is 2.93. The van der Waals surface area contributed by atoms with Crippen LogP contribution in [-0.4, -0.2) is 29.9 Å². The maximum Gasteiger partial charge on any atom is 0.340 e. The number of imide groups is 1. The Balaban J connectivity index is 2.22. The first-order valence-corrected chi connectivity index (χ1v) is 6.80. The third-order valence-electron chi connectivity index (χ3n) is 2.93. The molecule has 0 aliphatic rings. The van der Waals surface area contributed by atoms with E-state index in [1.807, 2.05) is 0 Å². The van der Waals surface area contributed by atoms with Gasteiger partial charge in [0.1, 0.15) is 0 Å². The van der Waals surface area contributed by atoms with Crippen LogP contribution in [0, 0.1) is 0 Å². The summed E-state index contributed by atoms with van der Waals surface area (Å²) in [5, 5.41) is 4.37. The fraction of sp³-hybridized carbons (Fsp3) is 0.125. The molecule has 0 saturated heterocycles. The van der Waals surface area contributed by atoms with Crippen molar-refractivity contribution in [2.75, 3.05) is 7.05 Å². The lowest BCUT2D eigenvalue weighted by Gasteiger charge is -2.17. The van der Waals surface area contributed by atoms with Gasteiger partial charge in [-0.3, -0.25) is 15.1 Å². The number of ether oxygens (including phenoxy) is 1. The molecule has 1 aromatic heterocycles. The molecule has 0 unspecified atom stereocenters. The van der Waals surface area contributed by atoms with Crippen molar-refractivity contribution in [3.8, 4) is 0 Å². The van der Waals surface area contributed by atoms with Gasteiger partial charge in [0, 0.05) is 25.0 Å². The largest absolute Gasteiger partial charge is 0.444 e. The number of nitrogens with one attached hydrogen (secondary N) is 2. The summed E-state index contributed by atoms with van der Waals surface area (Å²) in [7, 11) is 1.38. The molecule has 3 amide bonds. The molecule has 0 aliphatic heterocycles. The number of urea groups is 1. The molecule has 2 N–H and O–H groups in total. The van der Waals surface area contributed by atoms with Crippen molar-refractivity contribution in [2.24, 2.45) is 0 Å². The molecule has 7 heteroatoms. The number of esters is 1. The Hall–Kier alpha value is -3.22. The Morgan fingerprint density at radius 2 is 1.83 bits per heavy atom. The standard InChI is InChI=1S/C16H15N3O4/c1-17-16(22)19-14(20)13(11-6-3-2-4-7-11)23-15(21)12-8-5-9-18-10-12/h2-10,13H,1H3,(H2,17,19,20,22)/t13-/m1/s1. The van der Waals surface area contributed by atoms with Crippen LogP contribution in [-0.2, 0) is 9.53 Å². The van der Waals surface area contributed by atoms with Gasteiger partial charge < -0.3 is 10.1 Å². The SMILES string of the molecule is CNC(=O)NC(=O)[C@H](OC(=O)c1cccnc1)c1ccccc1. The lowest BCUT2D eigenvalue weighted by atomic mass is 10.1. The van der Waals surface area contributed by atoms with Gasteiger partial charge in [-0.2, -0.15) is 0 Å². The number of hydrogen-bond donors (Lipinski definition) is 2. The van der Waals surface area contributed by atoms with E-state index in [9.17, 15) is 14.4 Å². The maximum atomic E-state index is 12.2. The number of carbonyl (C=O) groups excluding carboxylic acids is 3. The molecule has 0 aliphatic carbocycles. The van der Waals surface area contributed by atoms with Gasteiger partial charge in [-0.15, -0.1) is 0 Å². The number of carbonyl (C=O) groups is 3. The average Bonchev–Trinajstić information content (AvgIpc) is 2.60. The summed E-state index contributed by atoms with van der Waals surface area (Å²) in [6.45, 7) is 0. The number of pyridine rings is 1. The summed E-state index contributed by atoms with van der Waals surface area (Å²) in [5.74, 6) is -1.45. The monoisotopic (exact) mass is 313 g/mol. The quantitative estimate of drug-likeness (QED) is 0.832. The molecule has 0 fully saturated rings. The van der Waals surface area contributed by atoms with E-state index in [2.05, 4.69) is 15.6 Å². The minimum atomic E-state index is -1.25. The molecule has 2 aromatic rings. The second kappa shape index (κ2) is 7.69. The van der Waals surface area contributed by atoms with E-state index in [-0.39, 0.29) is 5.56 Å². The summed E-state index contributed by atoms with van der Waals surface area (Å²) in [4.78, 5) is 39.5. The van der Waals surface area contributed by atoms with Crippen LogP contribution in [0.2, 0.25) is 0 Å². The summed E-state index contributed by atoms with van der Waals surface area (Å²) in [6.07, 6.45) is 1.60. The highest BCUT2D eigenvalue weighted by Gasteiger charge is 2.26. The highest BCUT2D eigenvalue weighted by atomic mass is 16.5. The van der Waals surface area contributed by atoms with E-state index in [1.54, 1.807) is 36.4 Å². The van der Waals surface area contributed by atoms with Crippen molar-refractivity contribution in [2.45, 2.75) is 6.10 Å². The predicted octanol–water partition coefficient (Wildman–Crippen LogP) is 1.44. The molecule has 1 aromatic carbocycles. The zero-order chi connectivity index (χ0) is 16.7. The van der Waals surface area contributed by atoms with Crippen molar-refractivity contribution in [1.29, 1.82) is 0 Å². The zero-order valence-corrected chi connectivity index (χ0v) is 12.4. The normalized spacial score (nSPS) is 11.2. The molecule has 0 saturated carbocycles.